The Labute approximate surface area is 227 Å². The number of sulfone groups is 1. The molecule has 1 heterocycles. The Morgan fingerprint density at radius 1 is 1.05 bits per heavy atom. The van der Waals surface area contributed by atoms with Crippen molar-refractivity contribution in [1.29, 1.82) is 0 Å². The second-order valence-electron chi connectivity index (χ2n) is 9.99. The predicted molar refractivity (Wildman–Crippen MR) is 154 cm³/mol. The molecule has 0 aliphatic carbocycles. The van der Waals surface area contributed by atoms with Gasteiger partial charge in [0.2, 0.25) is 10.0 Å². The molecule has 1 fully saturated rings. The molecule has 0 radical (unpaired) electrons. The van der Waals surface area contributed by atoms with E-state index in [4.69, 9.17) is 5.73 Å². The average Bonchev–Trinajstić information content (AvgIpc) is 2.87. The number of sulfonamides is 1. The molecule has 0 aromatic heterocycles. The van der Waals surface area contributed by atoms with E-state index in [9.17, 15) is 21.6 Å². The van der Waals surface area contributed by atoms with Gasteiger partial charge in [-0.05, 0) is 61.7 Å². The normalized spacial score (nSPS) is 16.3. The fourth-order valence-electron chi connectivity index (χ4n) is 4.55. The predicted octanol–water partition coefficient (Wildman–Crippen LogP) is 4.01. The van der Waals surface area contributed by atoms with Crippen LogP contribution < -0.4 is 20.3 Å². The topological polar surface area (TPSA) is 130 Å². The first-order valence-corrected chi connectivity index (χ1v) is 16.6. The van der Waals surface area contributed by atoms with Crippen molar-refractivity contribution in [3.8, 4) is 0 Å². The number of piperidine rings is 1. The van der Waals surface area contributed by atoms with Gasteiger partial charge in [0.05, 0.1) is 28.2 Å². The van der Waals surface area contributed by atoms with E-state index in [0.29, 0.717) is 18.7 Å². The van der Waals surface area contributed by atoms with Gasteiger partial charge in [0.15, 0.2) is 9.84 Å². The van der Waals surface area contributed by atoms with Crippen LogP contribution in [0.4, 0.5) is 17.1 Å². The number of benzene rings is 2. The summed E-state index contributed by atoms with van der Waals surface area (Å²) < 4.78 is 51.1. The van der Waals surface area contributed by atoms with Crippen molar-refractivity contribution in [2.24, 2.45) is 5.73 Å². The molecule has 210 valence electrons. The lowest BCUT2D eigenvalue weighted by molar-refractivity contribution is 0.102. The highest BCUT2D eigenvalue weighted by Crippen LogP contribution is 2.30. The first kappa shape index (κ1) is 29.9. The Hall–Kier alpha value is -2.63. The third kappa shape index (κ3) is 7.94. The van der Waals surface area contributed by atoms with Crippen LogP contribution in [0, 0.1) is 0 Å². The van der Waals surface area contributed by atoms with Gasteiger partial charge < -0.3 is 16.0 Å². The summed E-state index contributed by atoms with van der Waals surface area (Å²) in [7, 11) is -5.62. The summed E-state index contributed by atoms with van der Waals surface area (Å²) in [6.45, 7) is 3.57. The fourth-order valence-corrected chi connectivity index (χ4v) is 6.43. The van der Waals surface area contributed by atoms with Crippen molar-refractivity contribution in [3.63, 3.8) is 0 Å². The second-order valence-corrected chi connectivity index (χ2v) is 14.1. The number of hydrogen-bond donors (Lipinski definition) is 2. The Kier molecular flexibility index (Phi) is 10.2. The van der Waals surface area contributed by atoms with Crippen LogP contribution in [-0.2, 0) is 19.9 Å². The monoisotopic (exact) mass is 564 g/mol. The molecule has 2 aromatic rings. The van der Waals surface area contributed by atoms with Gasteiger partial charge in [-0.1, -0.05) is 32.6 Å². The minimum Gasteiger partial charge on any atom is -0.370 e. The minimum absolute atomic E-state index is 0.0376. The van der Waals surface area contributed by atoms with Crippen molar-refractivity contribution >= 4 is 42.8 Å². The van der Waals surface area contributed by atoms with Crippen LogP contribution in [-0.4, -0.2) is 60.9 Å². The summed E-state index contributed by atoms with van der Waals surface area (Å²) in [6.07, 6.45) is 7.69. The van der Waals surface area contributed by atoms with E-state index in [1.165, 1.54) is 19.2 Å². The van der Waals surface area contributed by atoms with Gasteiger partial charge in [-0.25, -0.2) is 16.8 Å². The fraction of sp³-hybridized carbons (Fsp3) is 0.519. The SMILES string of the molecule is CCCCCCCS(=O)(=O)c1ccc(NC(=O)c2ccc(N3CCCC(N)C3)cc2N(C)S(C)(=O)=O)cc1. The molecule has 1 saturated heterocycles. The van der Waals surface area contributed by atoms with E-state index in [2.05, 4.69) is 17.1 Å². The number of hydrogen-bond acceptors (Lipinski definition) is 7. The number of rotatable bonds is 12. The number of carbonyl (C=O) groups excluding carboxylic acids is 1. The van der Waals surface area contributed by atoms with Gasteiger partial charge in [-0.3, -0.25) is 9.10 Å². The molecule has 3 rings (SSSR count). The molecule has 0 saturated carbocycles. The van der Waals surface area contributed by atoms with Crippen molar-refractivity contribution < 1.29 is 21.6 Å². The molecule has 0 bridgehead atoms. The number of carbonyl (C=O) groups is 1. The van der Waals surface area contributed by atoms with Crippen LogP contribution in [0.5, 0.6) is 0 Å². The first-order valence-electron chi connectivity index (χ1n) is 13.1. The zero-order valence-corrected chi connectivity index (χ0v) is 24.2. The number of nitrogens with one attached hydrogen (secondary N) is 1. The lowest BCUT2D eigenvalue weighted by Gasteiger charge is -2.33. The summed E-state index contributed by atoms with van der Waals surface area (Å²) in [5.41, 5.74) is 7.77. The lowest BCUT2D eigenvalue weighted by Crippen LogP contribution is -2.43. The maximum absolute atomic E-state index is 13.2. The maximum atomic E-state index is 13.2. The molecule has 1 aliphatic heterocycles. The summed E-state index contributed by atoms with van der Waals surface area (Å²) in [5.74, 6) is -0.401. The van der Waals surface area contributed by atoms with Crippen LogP contribution >= 0.6 is 0 Å². The number of nitrogens with zero attached hydrogens (tertiary/aromatic N) is 2. The molecule has 1 unspecified atom stereocenters. The molecule has 1 aliphatic rings. The van der Waals surface area contributed by atoms with Crippen LogP contribution in [0.2, 0.25) is 0 Å². The van der Waals surface area contributed by atoms with E-state index in [-0.39, 0.29) is 27.9 Å². The molecule has 1 amide bonds. The van der Waals surface area contributed by atoms with Gasteiger partial charge in [0.1, 0.15) is 0 Å². The quantitative estimate of drug-likeness (QED) is 0.373. The number of anilines is 3. The van der Waals surface area contributed by atoms with Crippen LogP contribution in [0.25, 0.3) is 0 Å². The number of unbranched alkanes of at least 4 members (excludes halogenated alkanes) is 4. The van der Waals surface area contributed by atoms with Crippen LogP contribution in [0.15, 0.2) is 47.4 Å². The largest absolute Gasteiger partial charge is 0.370 e. The minimum atomic E-state index is -3.63. The molecule has 2 aromatic carbocycles. The van der Waals surface area contributed by atoms with Crippen LogP contribution in [0.1, 0.15) is 62.2 Å². The summed E-state index contributed by atoms with van der Waals surface area (Å²) in [5, 5.41) is 2.77. The highest BCUT2D eigenvalue weighted by molar-refractivity contribution is 7.92. The summed E-state index contributed by atoms with van der Waals surface area (Å²) >= 11 is 0. The molecular formula is C27H40N4O5S2. The van der Waals surface area contributed by atoms with Gasteiger partial charge in [-0.2, -0.15) is 0 Å². The zero-order valence-electron chi connectivity index (χ0n) is 22.5. The van der Waals surface area contributed by atoms with Crippen LogP contribution in [0.3, 0.4) is 0 Å². The second kappa shape index (κ2) is 12.9. The first-order chi connectivity index (χ1) is 17.9. The van der Waals surface area contributed by atoms with Crippen molar-refractivity contribution in [1.82, 2.24) is 0 Å². The zero-order chi connectivity index (χ0) is 27.9. The maximum Gasteiger partial charge on any atom is 0.257 e. The summed E-state index contributed by atoms with van der Waals surface area (Å²) in [6, 6.07) is 11.2. The molecule has 1 atom stereocenters. The van der Waals surface area contributed by atoms with Gasteiger partial charge in [0.25, 0.3) is 5.91 Å². The molecule has 11 heteroatoms. The van der Waals surface area contributed by atoms with E-state index in [1.54, 1.807) is 30.3 Å². The van der Waals surface area contributed by atoms with E-state index >= 15 is 0 Å². The molecule has 38 heavy (non-hydrogen) atoms. The number of nitrogens with two attached hydrogens (primary N) is 1. The van der Waals surface area contributed by atoms with E-state index in [1.807, 2.05) is 0 Å². The Morgan fingerprint density at radius 3 is 2.37 bits per heavy atom. The molecule has 3 N–H and O–H groups in total. The smallest absolute Gasteiger partial charge is 0.257 e. The third-order valence-electron chi connectivity index (χ3n) is 6.87. The standard InChI is InChI=1S/C27H40N4O5S2/c1-4-5-6-7-8-18-38(35,36)24-14-11-22(12-15-24)29-27(32)25-16-13-23(31-17-9-10-21(28)20-31)19-26(25)30(2)37(3,33)34/h11-16,19,21H,4-10,17-18,20,28H2,1-3H3,(H,29,32). The summed E-state index contributed by atoms with van der Waals surface area (Å²) in [4.78, 5) is 15.5. The van der Waals surface area contributed by atoms with Crippen molar-refractivity contribution in [2.45, 2.75) is 62.8 Å². The van der Waals surface area contributed by atoms with E-state index < -0.39 is 25.8 Å². The molecule has 9 nitrogen and oxygen atoms in total. The Balaban J connectivity index is 1.78. The van der Waals surface area contributed by atoms with Gasteiger partial charge in [-0.15, -0.1) is 0 Å². The van der Waals surface area contributed by atoms with Crippen molar-refractivity contribution in [2.75, 3.05) is 46.7 Å². The lowest BCUT2D eigenvalue weighted by atomic mass is 10.0. The molecular weight excluding hydrogens is 524 g/mol. The highest BCUT2D eigenvalue weighted by Gasteiger charge is 2.24. The Morgan fingerprint density at radius 2 is 1.74 bits per heavy atom. The third-order valence-corrected chi connectivity index (χ3v) is 9.88. The van der Waals surface area contributed by atoms with Gasteiger partial charge >= 0.3 is 0 Å². The number of amides is 1. The average molecular weight is 565 g/mol. The van der Waals surface area contributed by atoms with E-state index in [0.717, 1.165) is 61.3 Å². The molecule has 0 spiro atoms. The highest BCUT2D eigenvalue weighted by atomic mass is 32.2. The van der Waals surface area contributed by atoms with Gasteiger partial charge in [0, 0.05) is 37.6 Å². The Bertz CT molecular complexity index is 1310. The van der Waals surface area contributed by atoms with Crippen molar-refractivity contribution in [3.05, 3.63) is 48.0 Å².